The summed E-state index contributed by atoms with van der Waals surface area (Å²) in [7, 11) is 3.67. The molecule has 5 nitrogen and oxygen atoms in total. The first-order chi connectivity index (χ1) is 7.66. The van der Waals surface area contributed by atoms with E-state index in [9.17, 15) is 4.79 Å². The van der Waals surface area contributed by atoms with Crippen LogP contribution >= 0.6 is 0 Å². The predicted octanol–water partition coefficient (Wildman–Crippen LogP) is 1.23. The highest BCUT2D eigenvalue weighted by Gasteiger charge is 2.43. The molecule has 5 heteroatoms. The second-order valence-electron chi connectivity index (χ2n) is 5.97. The van der Waals surface area contributed by atoms with Gasteiger partial charge in [-0.3, -0.25) is 0 Å². The van der Waals surface area contributed by atoms with E-state index in [1.807, 2.05) is 34.7 Å². The van der Waals surface area contributed by atoms with Crippen molar-refractivity contribution in [3.05, 3.63) is 0 Å². The van der Waals surface area contributed by atoms with E-state index in [0.717, 1.165) is 13.1 Å². The number of likely N-dealkylation sites (N-methyl/N-ethyl adjacent to an activating group) is 1. The number of carbonyl (C=O) groups is 1. The molecule has 1 rings (SSSR count). The number of likely N-dealkylation sites (tertiary alicyclic amines) is 1. The monoisotopic (exact) mass is 244 g/mol. The van der Waals surface area contributed by atoms with Gasteiger partial charge in [0, 0.05) is 20.2 Å². The van der Waals surface area contributed by atoms with Gasteiger partial charge in [-0.25, -0.2) is 4.79 Å². The zero-order valence-corrected chi connectivity index (χ0v) is 11.7. The van der Waals surface area contributed by atoms with Gasteiger partial charge in [0.1, 0.15) is 5.60 Å². The van der Waals surface area contributed by atoms with E-state index in [1.165, 1.54) is 0 Å². The second kappa shape index (κ2) is 4.82. The number of alkyl carbamates (subject to hydrolysis) is 1. The molecule has 0 aromatic rings. The van der Waals surface area contributed by atoms with Crippen LogP contribution in [-0.2, 0) is 9.47 Å². The van der Waals surface area contributed by atoms with Crippen LogP contribution in [0.2, 0.25) is 0 Å². The average Bonchev–Trinajstić information content (AvgIpc) is 2.36. The fourth-order valence-corrected chi connectivity index (χ4v) is 2.20. The smallest absolute Gasteiger partial charge is 0.408 e. The number of ether oxygens (including phenoxy) is 2. The van der Waals surface area contributed by atoms with Gasteiger partial charge < -0.3 is 19.7 Å². The van der Waals surface area contributed by atoms with Crippen LogP contribution in [0, 0.1) is 0 Å². The Labute approximate surface area is 103 Å². The van der Waals surface area contributed by atoms with E-state index in [2.05, 4.69) is 10.2 Å². The topological polar surface area (TPSA) is 50.8 Å². The second-order valence-corrected chi connectivity index (χ2v) is 5.97. The fraction of sp³-hybridized carbons (Fsp3) is 0.917. The quantitative estimate of drug-likeness (QED) is 0.794. The summed E-state index contributed by atoms with van der Waals surface area (Å²) in [5.74, 6) is 0. The molecule has 1 heterocycles. The van der Waals surface area contributed by atoms with Crippen molar-refractivity contribution in [2.45, 2.75) is 44.9 Å². The molecule has 0 spiro atoms. The van der Waals surface area contributed by atoms with Gasteiger partial charge in [-0.2, -0.15) is 0 Å². The zero-order valence-electron chi connectivity index (χ0n) is 11.7. The maximum Gasteiger partial charge on any atom is 0.408 e. The summed E-state index contributed by atoms with van der Waals surface area (Å²) in [6, 6.07) is 0. The van der Waals surface area contributed by atoms with Gasteiger partial charge in [0.05, 0.1) is 11.6 Å². The minimum absolute atomic E-state index is 0.0139. The van der Waals surface area contributed by atoms with Crippen molar-refractivity contribution in [3.63, 3.8) is 0 Å². The minimum Gasteiger partial charge on any atom is -0.444 e. The van der Waals surface area contributed by atoms with Gasteiger partial charge in [-0.15, -0.1) is 0 Å². The maximum absolute atomic E-state index is 11.8. The molecule has 0 aromatic heterocycles. The summed E-state index contributed by atoms with van der Waals surface area (Å²) in [5, 5.41) is 2.92. The van der Waals surface area contributed by atoms with Crippen LogP contribution in [0.3, 0.4) is 0 Å². The number of nitrogens with zero attached hydrogens (tertiary/aromatic N) is 1. The van der Waals surface area contributed by atoms with Crippen molar-refractivity contribution in [2.75, 3.05) is 27.2 Å². The number of amides is 1. The van der Waals surface area contributed by atoms with Crippen LogP contribution in [0.1, 0.15) is 27.7 Å². The number of nitrogens with one attached hydrogen (secondary N) is 1. The van der Waals surface area contributed by atoms with Gasteiger partial charge in [-0.1, -0.05) is 0 Å². The van der Waals surface area contributed by atoms with Gasteiger partial charge in [0.2, 0.25) is 0 Å². The SMILES string of the molecule is COC1CN(C)CC1(C)NC(=O)OC(C)(C)C. The molecular weight excluding hydrogens is 220 g/mol. The Morgan fingerprint density at radius 2 is 2.06 bits per heavy atom. The molecule has 1 amide bonds. The number of hydrogen-bond acceptors (Lipinski definition) is 4. The Bertz CT molecular complexity index is 288. The lowest BCUT2D eigenvalue weighted by Crippen LogP contribution is -2.55. The summed E-state index contributed by atoms with van der Waals surface area (Å²) in [6.45, 7) is 9.10. The molecule has 17 heavy (non-hydrogen) atoms. The van der Waals surface area contributed by atoms with Gasteiger partial charge >= 0.3 is 6.09 Å². The predicted molar refractivity (Wildman–Crippen MR) is 66.1 cm³/mol. The Hall–Kier alpha value is -0.810. The van der Waals surface area contributed by atoms with E-state index in [-0.39, 0.29) is 6.10 Å². The highest BCUT2D eigenvalue weighted by molar-refractivity contribution is 5.69. The van der Waals surface area contributed by atoms with Gasteiger partial charge in [0.25, 0.3) is 0 Å². The lowest BCUT2D eigenvalue weighted by Gasteiger charge is -2.32. The molecule has 0 radical (unpaired) electrons. The molecule has 1 aliphatic rings. The summed E-state index contributed by atoms with van der Waals surface area (Å²) in [4.78, 5) is 13.9. The Kier molecular flexibility index (Phi) is 4.04. The first-order valence-corrected chi connectivity index (χ1v) is 5.89. The molecule has 1 fully saturated rings. The summed E-state index contributed by atoms with van der Waals surface area (Å²) in [6.07, 6.45) is -0.405. The lowest BCUT2D eigenvalue weighted by molar-refractivity contribution is 0.0254. The van der Waals surface area contributed by atoms with Crippen molar-refractivity contribution in [1.29, 1.82) is 0 Å². The molecule has 100 valence electrons. The Morgan fingerprint density at radius 3 is 2.53 bits per heavy atom. The third-order valence-electron chi connectivity index (χ3n) is 2.86. The van der Waals surface area contributed by atoms with Crippen molar-refractivity contribution >= 4 is 6.09 Å². The third kappa shape index (κ3) is 3.85. The molecule has 0 bridgehead atoms. The Balaban J connectivity index is 2.63. The molecule has 2 unspecified atom stereocenters. The number of carbonyl (C=O) groups excluding carboxylic acids is 1. The van der Waals surface area contributed by atoms with Crippen LogP contribution in [0.4, 0.5) is 4.79 Å². The lowest BCUT2D eigenvalue weighted by atomic mass is 9.99. The van der Waals surface area contributed by atoms with Crippen molar-refractivity contribution in [2.24, 2.45) is 0 Å². The van der Waals surface area contributed by atoms with Crippen molar-refractivity contribution < 1.29 is 14.3 Å². The largest absolute Gasteiger partial charge is 0.444 e. The highest BCUT2D eigenvalue weighted by atomic mass is 16.6. The summed E-state index contributed by atoms with van der Waals surface area (Å²) >= 11 is 0. The summed E-state index contributed by atoms with van der Waals surface area (Å²) in [5.41, 5.74) is -0.876. The van der Waals surface area contributed by atoms with Crippen LogP contribution in [0.25, 0.3) is 0 Å². The normalized spacial score (nSPS) is 30.4. The van der Waals surface area contributed by atoms with Gasteiger partial charge in [-0.05, 0) is 34.7 Å². The molecule has 2 atom stereocenters. The highest BCUT2D eigenvalue weighted by Crippen LogP contribution is 2.23. The Morgan fingerprint density at radius 1 is 1.47 bits per heavy atom. The van der Waals surface area contributed by atoms with E-state index in [0.29, 0.717) is 0 Å². The third-order valence-corrected chi connectivity index (χ3v) is 2.86. The average molecular weight is 244 g/mol. The van der Waals surface area contributed by atoms with Crippen molar-refractivity contribution in [1.82, 2.24) is 10.2 Å². The molecule has 0 aromatic carbocycles. The van der Waals surface area contributed by atoms with Gasteiger partial charge in [0.15, 0.2) is 0 Å². The van der Waals surface area contributed by atoms with E-state index < -0.39 is 17.2 Å². The standard InChI is InChI=1S/C12H24N2O3/c1-11(2,3)17-10(15)13-12(4)8-14(5)7-9(12)16-6/h9H,7-8H2,1-6H3,(H,13,15). The molecular formula is C12H24N2O3. The van der Waals surface area contributed by atoms with E-state index >= 15 is 0 Å². The first-order valence-electron chi connectivity index (χ1n) is 5.89. The van der Waals surface area contributed by atoms with Crippen LogP contribution in [-0.4, -0.2) is 55.5 Å². The molecule has 1 saturated heterocycles. The fourth-order valence-electron chi connectivity index (χ4n) is 2.20. The van der Waals surface area contributed by atoms with Crippen LogP contribution in [0.15, 0.2) is 0 Å². The van der Waals surface area contributed by atoms with Crippen LogP contribution < -0.4 is 5.32 Å². The van der Waals surface area contributed by atoms with Crippen LogP contribution in [0.5, 0.6) is 0 Å². The summed E-state index contributed by atoms with van der Waals surface area (Å²) < 4.78 is 10.7. The van der Waals surface area contributed by atoms with E-state index in [4.69, 9.17) is 9.47 Å². The number of hydrogen-bond donors (Lipinski definition) is 1. The number of rotatable bonds is 2. The van der Waals surface area contributed by atoms with Crippen molar-refractivity contribution in [3.8, 4) is 0 Å². The number of methoxy groups -OCH3 is 1. The molecule has 0 saturated carbocycles. The minimum atomic E-state index is -0.479. The van der Waals surface area contributed by atoms with E-state index in [1.54, 1.807) is 7.11 Å². The molecule has 1 aliphatic heterocycles. The maximum atomic E-state index is 11.8. The molecule has 0 aliphatic carbocycles. The first kappa shape index (κ1) is 14.3. The molecule has 1 N–H and O–H groups in total. The zero-order chi connectivity index (χ0) is 13.3.